The van der Waals surface area contributed by atoms with Gasteiger partial charge in [-0.05, 0) is 31.0 Å². The van der Waals surface area contributed by atoms with Crippen LogP contribution in [0.2, 0.25) is 0 Å². The first-order valence-electron chi connectivity index (χ1n) is 7.08. The molecule has 1 saturated carbocycles. The Hall–Kier alpha value is -2.19. The van der Waals surface area contributed by atoms with Gasteiger partial charge in [-0.2, -0.15) is 0 Å². The van der Waals surface area contributed by atoms with E-state index in [-0.39, 0.29) is 23.0 Å². The number of carbonyl (C=O) groups excluding carboxylic acids is 1. The largest absolute Gasteiger partial charge is 0.481 e. The maximum Gasteiger partial charge on any atom is 0.306 e. The fourth-order valence-corrected chi connectivity index (χ4v) is 3.31. The molecule has 0 saturated heterocycles. The summed E-state index contributed by atoms with van der Waals surface area (Å²) in [4.78, 5) is 22.8. The number of rotatable bonds is 7. The van der Waals surface area contributed by atoms with Crippen molar-refractivity contribution in [3.8, 4) is 0 Å². The highest BCUT2D eigenvalue weighted by molar-refractivity contribution is 7.89. The number of carboxylic acid groups (broad SMARTS) is 1. The molecule has 0 bridgehead atoms. The summed E-state index contributed by atoms with van der Waals surface area (Å²) < 4.78 is 26.4. The summed E-state index contributed by atoms with van der Waals surface area (Å²) in [5.74, 6) is -1.70. The molecule has 1 fully saturated rings. The highest BCUT2D eigenvalue weighted by Crippen LogP contribution is 2.27. The van der Waals surface area contributed by atoms with Crippen LogP contribution in [-0.2, 0) is 14.8 Å². The van der Waals surface area contributed by atoms with Crippen molar-refractivity contribution in [2.75, 3.05) is 6.54 Å². The number of carboxylic acids is 1. The Morgan fingerprint density at radius 2 is 2.04 bits per heavy atom. The Morgan fingerprint density at radius 3 is 2.65 bits per heavy atom. The van der Waals surface area contributed by atoms with E-state index in [1.807, 2.05) is 0 Å². The Labute approximate surface area is 134 Å². The zero-order chi connectivity index (χ0) is 17.0. The standard InChI is InChI=1S/C15H18N2O5S/c1-2-6-16-23(21,22)13-5-3-4-10(9-13)14(18)17-12-7-11(8-12)15(19)20/h2-5,9,11-12,16H,1,6-8H2,(H,17,18)(H,19,20). The van der Waals surface area contributed by atoms with Gasteiger partial charge in [0.1, 0.15) is 0 Å². The third-order valence-electron chi connectivity index (χ3n) is 3.65. The first kappa shape index (κ1) is 17.2. The molecule has 1 aromatic rings. The van der Waals surface area contributed by atoms with Crippen LogP contribution in [0, 0.1) is 5.92 Å². The molecule has 1 aliphatic carbocycles. The first-order chi connectivity index (χ1) is 10.8. The van der Waals surface area contributed by atoms with Gasteiger partial charge in [-0.25, -0.2) is 13.1 Å². The molecule has 0 atom stereocenters. The Balaban J connectivity index is 2.03. The minimum atomic E-state index is -3.70. The van der Waals surface area contributed by atoms with Crippen molar-refractivity contribution in [3.05, 3.63) is 42.5 Å². The number of benzene rings is 1. The molecule has 0 heterocycles. The third-order valence-corrected chi connectivity index (χ3v) is 5.07. The van der Waals surface area contributed by atoms with Crippen LogP contribution in [0.3, 0.4) is 0 Å². The molecule has 0 aliphatic heterocycles. The van der Waals surface area contributed by atoms with Crippen molar-refractivity contribution in [2.45, 2.75) is 23.8 Å². The zero-order valence-electron chi connectivity index (χ0n) is 12.4. The average molecular weight is 338 g/mol. The molecule has 1 aliphatic rings. The third kappa shape index (κ3) is 4.17. The quantitative estimate of drug-likeness (QED) is 0.635. The smallest absolute Gasteiger partial charge is 0.306 e. The van der Waals surface area contributed by atoms with Gasteiger partial charge in [0, 0.05) is 18.2 Å². The summed E-state index contributed by atoms with van der Waals surface area (Å²) in [6.45, 7) is 3.53. The molecule has 8 heteroatoms. The number of amides is 1. The lowest BCUT2D eigenvalue weighted by molar-refractivity contribution is -0.145. The van der Waals surface area contributed by atoms with Crippen LogP contribution in [0.15, 0.2) is 41.8 Å². The van der Waals surface area contributed by atoms with Crippen LogP contribution in [0.5, 0.6) is 0 Å². The highest BCUT2D eigenvalue weighted by atomic mass is 32.2. The van der Waals surface area contributed by atoms with Crippen molar-refractivity contribution in [1.82, 2.24) is 10.0 Å². The van der Waals surface area contributed by atoms with E-state index in [0.29, 0.717) is 12.8 Å². The molecule has 0 unspecified atom stereocenters. The van der Waals surface area contributed by atoms with E-state index in [1.165, 1.54) is 30.3 Å². The second-order valence-corrected chi connectivity index (χ2v) is 7.11. The predicted octanol–water partition coefficient (Wildman–Crippen LogP) is 0.744. The highest BCUT2D eigenvalue weighted by Gasteiger charge is 2.35. The lowest BCUT2D eigenvalue weighted by atomic mass is 9.80. The molecular weight excluding hydrogens is 320 g/mol. The molecule has 0 spiro atoms. The maximum atomic E-state index is 12.1. The molecule has 3 N–H and O–H groups in total. The summed E-state index contributed by atoms with van der Waals surface area (Å²) in [6, 6.07) is 5.48. The summed E-state index contributed by atoms with van der Waals surface area (Å²) in [6.07, 6.45) is 2.20. The topological polar surface area (TPSA) is 113 Å². The van der Waals surface area contributed by atoms with Gasteiger partial charge in [-0.3, -0.25) is 9.59 Å². The van der Waals surface area contributed by atoms with Crippen LogP contribution >= 0.6 is 0 Å². The second kappa shape index (κ2) is 6.93. The van der Waals surface area contributed by atoms with E-state index in [1.54, 1.807) is 0 Å². The average Bonchev–Trinajstić information content (AvgIpc) is 2.48. The summed E-state index contributed by atoms with van der Waals surface area (Å²) in [5, 5.41) is 11.5. The van der Waals surface area contributed by atoms with E-state index >= 15 is 0 Å². The number of hydrogen-bond acceptors (Lipinski definition) is 4. The number of nitrogens with one attached hydrogen (secondary N) is 2. The molecule has 0 radical (unpaired) electrons. The molecule has 1 amide bonds. The summed E-state index contributed by atoms with van der Waals surface area (Å²) in [7, 11) is -3.70. The van der Waals surface area contributed by atoms with Crippen molar-refractivity contribution in [1.29, 1.82) is 0 Å². The van der Waals surface area contributed by atoms with Crippen molar-refractivity contribution in [3.63, 3.8) is 0 Å². The van der Waals surface area contributed by atoms with E-state index in [0.717, 1.165) is 0 Å². The van der Waals surface area contributed by atoms with Gasteiger partial charge in [0.2, 0.25) is 10.0 Å². The molecule has 124 valence electrons. The van der Waals surface area contributed by atoms with Gasteiger partial charge in [-0.1, -0.05) is 12.1 Å². The SMILES string of the molecule is C=CCNS(=O)(=O)c1cccc(C(=O)NC2CC(C(=O)O)C2)c1. The predicted molar refractivity (Wildman–Crippen MR) is 83.4 cm³/mol. The van der Waals surface area contributed by atoms with E-state index < -0.39 is 27.8 Å². The molecular formula is C15H18N2O5S. The monoisotopic (exact) mass is 338 g/mol. The summed E-state index contributed by atoms with van der Waals surface area (Å²) in [5.41, 5.74) is 0.213. The van der Waals surface area contributed by atoms with Crippen molar-refractivity contribution < 1.29 is 23.1 Å². The minimum Gasteiger partial charge on any atom is -0.481 e. The lowest BCUT2D eigenvalue weighted by Crippen LogP contribution is -2.46. The van der Waals surface area contributed by atoms with Crippen LogP contribution in [0.4, 0.5) is 0 Å². The minimum absolute atomic E-state index is 0.0102. The van der Waals surface area contributed by atoms with Gasteiger partial charge >= 0.3 is 5.97 Å². The van der Waals surface area contributed by atoms with Gasteiger partial charge in [-0.15, -0.1) is 6.58 Å². The molecule has 7 nitrogen and oxygen atoms in total. The van der Waals surface area contributed by atoms with Gasteiger partial charge < -0.3 is 10.4 Å². The van der Waals surface area contributed by atoms with Crippen LogP contribution in [0.25, 0.3) is 0 Å². The van der Waals surface area contributed by atoms with Gasteiger partial charge in [0.15, 0.2) is 0 Å². The van der Waals surface area contributed by atoms with Crippen LogP contribution < -0.4 is 10.0 Å². The zero-order valence-corrected chi connectivity index (χ0v) is 13.2. The molecule has 2 rings (SSSR count). The number of hydrogen-bond donors (Lipinski definition) is 3. The Kier molecular flexibility index (Phi) is 5.17. The fraction of sp³-hybridized carbons (Fsp3) is 0.333. The number of aliphatic carboxylic acids is 1. The molecule has 1 aromatic carbocycles. The van der Waals surface area contributed by atoms with Gasteiger partial charge in [0.25, 0.3) is 5.91 Å². The fourth-order valence-electron chi connectivity index (χ4n) is 2.26. The summed E-state index contributed by atoms with van der Waals surface area (Å²) >= 11 is 0. The molecule has 0 aromatic heterocycles. The van der Waals surface area contributed by atoms with Crippen LogP contribution in [-0.4, -0.2) is 38.0 Å². The Morgan fingerprint density at radius 1 is 1.35 bits per heavy atom. The first-order valence-corrected chi connectivity index (χ1v) is 8.56. The molecule has 23 heavy (non-hydrogen) atoms. The van der Waals surface area contributed by atoms with E-state index in [4.69, 9.17) is 5.11 Å². The normalized spacial score (nSPS) is 20.3. The van der Waals surface area contributed by atoms with Crippen LogP contribution in [0.1, 0.15) is 23.2 Å². The van der Waals surface area contributed by atoms with E-state index in [9.17, 15) is 18.0 Å². The maximum absolute atomic E-state index is 12.1. The van der Waals surface area contributed by atoms with Crippen molar-refractivity contribution >= 4 is 21.9 Å². The Bertz CT molecular complexity index is 723. The van der Waals surface area contributed by atoms with Gasteiger partial charge in [0.05, 0.1) is 10.8 Å². The lowest BCUT2D eigenvalue weighted by Gasteiger charge is -2.32. The second-order valence-electron chi connectivity index (χ2n) is 5.35. The van der Waals surface area contributed by atoms with E-state index in [2.05, 4.69) is 16.6 Å². The number of sulfonamides is 1. The number of carbonyl (C=O) groups is 2. The van der Waals surface area contributed by atoms with Crippen molar-refractivity contribution in [2.24, 2.45) is 5.92 Å².